The van der Waals surface area contributed by atoms with Gasteiger partial charge >= 0.3 is 0 Å². The van der Waals surface area contributed by atoms with Gasteiger partial charge in [-0.05, 0) is 50.4 Å². The fourth-order valence-electron chi connectivity index (χ4n) is 2.76. The summed E-state index contributed by atoms with van der Waals surface area (Å²) in [5.41, 5.74) is 7.30. The highest BCUT2D eigenvalue weighted by Crippen LogP contribution is 2.30. The summed E-state index contributed by atoms with van der Waals surface area (Å²) in [5.74, 6) is 1.69. The third-order valence-electron chi connectivity index (χ3n) is 3.90. The number of piperidine rings is 1. The lowest BCUT2D eigenvalue weighted by atomic mass is 9.95. The number of anilines is 1. The van der Waals surface area contributed by atoms with Crippen molar-refractivity contribution in [2.75, 3.05) is 24.4 Å². The zero-order chi connectivity index (χ0) is 14.7. The van der Waals surface area contributed by atoms with E-state index in [1.54, 1.807) is 0 Å². The molecule has 1 atom stereocenters. The topological polar surface area (TPSA) is 88.7 Å². The zero-order valence-electron chi connectivity index (χ0n) is 11.8. The molecule has 0 spiro atoms. The van der Waals surface area contributed by atoms with Crippen LogP contribution in [0.4, 0.5) is 5.69 Å². The van der Waals surface area contributed by atoms with Crippen LogP contribution in [0.3, 0.4) is 0 Å². The number of fused-ring (bicyclic) bond motifs is 1. The Hall–Kier alpha value is -1.60. The molecule has 0 radical (unpaired) electrons. The van der Waals surface area contributed by atoms with Crippen LogP contribution < -0.4 is 20.5 Å². The summed E-state index contributed by atoms with van der Waals surface area (Å²) < 4.78 is 24.0. The molecule has 1 aromatic carbocycles. The van der Waals surface area contributed by atoms with Gasteiger partial charge in [-0.25, -0.2) is 4.21 Å². The second kappa shape index (κ2) is 6.44. The molecule has 3 rings (SSSR count). The molecular formula is C14H20N4O2S. The van der Waals surface area contributed by atoms with E-state index in [9.17, 15) is 4.21 Å². The Morgan fingerprint density at radius 2 is 2.19 bits per heavy atom. The van der Waals surface area contributed by atoms with Crippen LogP contribution in [0.15, 0.2) is 22.6 Å². The first kappa shape index (κ1) is 14.3. The lowest BCUT2D eigenvalue weighted by Gasteiger charge is -2.23. The zero-order valence-corrected chi connectivity index (χ0v) is 12.6. The Morgan fingerprint density at radius 3 is 3.00 bits per heavy atom. The van der Waals surface area contributed by atoms with Gasteiger partial charge in [-0.3, -0.25) is 4.72 Å². The molecule has 2 heterocycles. The van der Waals surface area contributed by atoms with Crippen molar-refractivity contribution in [3.8, 4) is 5.75 Å². The number of amidine groups is 1. The Bertz CT molecular complexity index is 570. The SMILES string of the molecule is NC1=NS(=O)Nc2cccc(OCCC3CCNCC3)c21. The monoisotopic (exact) mass is 308 g/mol. The van der Waals surface area contributed by atoms with Gasteiger partial charge in [0.2, 0.25) is 11.2 Å². The van der Waals surface area contributed by atoms with Gasteiger partial charge in [0, 0.05) is 0 Å². The Kier molecular flexibility index (Phi) is 4.40. The minimum atomic E-state index is -1.50. The predicted molar refractivity (Wildman–Crippen MR) is 84.6 cm³/mol. The molecule has 1 unspecified atom stereocenters. The van der Waals surface area contributed by atoms with Gasteiger partial charge in [0.05, 0.1) is 17.9 Å². The van der Waals surface area contributed by atoms with Crippen LogP contribution in [0.2, 0.25) is 0 Å². The smallest absolute Gasteiger partial charge is 0.245 e. The van der Waals surface area contributed by atoms with Crippen LogP contribution in [-0.2, 0) is 11.2 Å². The van der Waals surface area contributed by atoms with Gasteiger partial charge in [0.25, 0.3) is 0 Å². The van der Waals surface area contributed by atoms with Crippen LogP contribution >= 0.6 is 0 Å². The maximum Gasteiger partial charge on any atom is 0.245 e. The molecule has 1 aromatic rings. The summed E-state index contributed by atoms with van der Waals surface area (Å²) in [5, 5.41) is 3.36. The van der Waals surface area contributed by atoms with E-state index in [2.05, 4.69) is 14.4 Å². The van der Waals surface area contributed by atoms with Gasteiger partial charge in [-0.1, -0.05) is 6.07 Å². The second-order valence-electron chi connectivity index (χ2n) is 5.34. The van der Waals surface area contributed by atoms with Crippen molar-refractivity contribution < 1.29 is 8.95 Å². The van der Waals surface area contributed by atoms with E-state index in [1.165, 1.54) is 12.8 Å². The first-order valence-electron chi connectivity index (χ1n) is 7.23. The summed E-state index contributed by atoms with van der Waals surface area (Å²) in [6.07, 6.45) is 3.46. The molecule has 1 fully saturated rings. The van der Waals surface area contributed by atoms with Gasteiger partial charge in [-0.2, -0.15) is 4.40 Å². The number of nitrogens with one attached hydrogen (secondary N) is 2. The minimum Gasteiger partial charge on any atom is -0.493 e. The average Bonchev–Trinajstić information content (AvgIpc) is 2.48. The number of hydrogen-bond acceptors (Lipinski definition) is 4. The van der Waals surface area contributed by atoms with E-state index in [-0.39, 0.29) is 5.84 Å². The predicted octanol–water partition coefficient (Wildman–Crippen LogP) is 1.16. The van der Waals surface area contributed by atoms with Crippen molar-refractivity contribution in [2.45, 2.75) is 19.3 Å². The molecule has 4 N–H and O–H groups in total. The molecular weight excluding hydrogens is 288 g/mol. The van der Waals surface area contributed by atoms with Gasteiger partial charge in [0.15, 0.2) is 0 Å². The Labute approximate surface area is 126 Å². The van der Waals surface area contributed by atoms with Crippen molar-refractivity contribution >= 4 is 22.7 Å². The number of benzene rings is 1. The molecule has 0 bridgehead atoms. The van der Waals surface area contributed by atoms with Crippen LogP contribution in [0.5, 0.6) is 5.75 Å². The summed E-state index contributed by atoms with van der Waals surface area (Å²) >= 11 is -1.50. The van der Waals surface area contributed by atoms with Crippen LogP contribution in [0.25, 0.3) is 0 Å². The number of nitrogens with two attached hydrogens (primary N) is 1. The maximum atomic E-state index is 11.5. The number of hydrogen-bond donors (Lipinski definition) is 3. The third kappa shape index (κ3) is 3.36. The van der Waals surface area contributed by atoms with Gasteiger partial charge in [-0.15, -0.1) is 0 Å². The van der Waals surface area contributed by atoms with E-state index >= 15 is 0 Å². The normalized spacial score (nSPS) is 22.1. The van der Waals surface area contributed by atoms with Gasteiger partial charge < -0.3 is 15.8 Å². The first-order valence-corrected chi connectivity index (χ1v) is 8.34. The maximum absolute atomic E-state index is 11.5. The Morgan fingerprint density at radius 1 is 1.38 bits per heavy atom. The summed E-state index contributed by atoms with van der Waals surface area (Å²) in [4.78, 5) is 0. The summed E-state index contributed by atoms with van der Waals surface area (Å²) in [6, 6.07) is 5.56. The van der Waals surface area contributed by atoms with E-state index in [0.29, 0.717) is 23.6 Å². The summed E-state index contributed by atoms with van der Waals surface area (Å²) in [6.45, 7) is 2.86. The molecule has 21 heavy (non-hydrogen) atoms. The molecule has 7 heteroatoms. The van der Waals surface area contributed by atoms with E-state index in [0.717, 1.165) is 25.4 Å². The first-order chi connectivity index (χ1) is 10.2. The lowest BCUT2D eigenvalue weighted by Crippen LogP contribution is -2.28. The lowest BCUT2D eigenvalue weighted by molar-refractivity contribution is 0.251. The molecule has 0 aromatic heterocycles. The fraction of sp³-hybridized carbons (Fsp3) is 0.500. The molecule has 0 saturated carbocycles. The quantitative estimate of drug-likeness (QED) is 0.779. The highest BCUT2D eigenvalue weighted by atomic mass is 32.2. The van der Waals surface area contributed by atoms with Crippen molar-refractivity contribution in [2.24, 2.45) is 16.0 Å². The fourth-order valence-corrected chi connectivity index (χ4v) is 3.43. The molecule has 0 aliphatic carbocycles. The van der Waals surface area contributed by atoms with Crippen LogP contribution in [0, 0.1) is 5.92 Å². The average molecular weight is 308 g/mol. The van der Waals surface area contributed by atoms with E-state index in [1.807, 2.05) is 18.2 Å². The van der Waals surface area contributed by atoms with Crippen molar-refractivity contribution in [1.82, 2.24) is 5.32 Å². The molecule has 2 aliphatic rings. The minimum absolute atomic E-state index is 0.263. The summed E-state index contributed by atoms with van der Waals surface area (Å²) in [7, 11) is 0. The molecule has 1 saturated heterocycles. The Balaban J connectivity index is 1.66. The number of nitrogens with zero attached hydrogens (tertiary/aromatic N) is 1. The molecule has 114 valence electrons. The van der Waals surface area contributed by atoms with Crippen molar-refractivity contribution in [3.05, 3.63) is 23.8 Å². The van der Waals surface area contributed by atoms with Crippen LogP contribution in [-0.4, -0.2) is 29.7 Å². The van der Waals surface area contributed by atoms with Crippen molar-refractivity contribution in [1.29, 1.82) is 0 Å². The van der Waals surface area contributed by atoms with Crippen molar-refractivity contribution in [3.63, 3.8) is 0 Å². The molecule has 6 nitrogen and oxygen atoms in total. The molecule has 2 aliphatic heterocycles. The highest BCUT2D eigenvalue weighted by Gasteiger charge is 2.20. The number of ether oxygens (including phenoxy) is 1. The van der Waals surface area contributed by atoms with E-state index in [4.69, 9.17) is 10.5 Å². The standard InChI is InChI=1S/C14H20N4O2S/c15-14-13-11(17-21(19)18-14)2-1-3-12(13)20-9-6-10-4-7-16-8-5-10/h1-3,10,16-17H,4-9H2,(H2,15,18). The van der Waals surface area contributed by atoms with Crippen LogP contribution in [0.1, 0.15) is 24.8 Å². The largest absolute Gasteiger partial charge is 0.493 e. The van der Waals surface area contributed by atoms with Gasteiger partial charge in [0.1, 0.15) is 11.6 Å². The number of rotatable bonds is 4. The van der Waals surface area contributed by atoms with E-state index < -0.39 is 11.2 Å². The highest BCUT2D eigenvalue weighted by molar-refractivity contribution is 7.85. The third-order valence-corrected chi connectivity index (χ3v) is 4.66. The second-order valence-corrected chi connectivity index (χ2v) is 6.22. The molecule has 0 amide bonds.